The first kappa shape index (κ1) is 16.3. The van der Waals surface area contributed by atoms with Gasteiger partial charge in [-0.1, -0.05) is 6.07 Å². The molecule has 3 rings (SSSR count). The molecule has 1 unspecified atom stereocenters. The molecule has 126 valence electrons. The summed E-state index contributed by atoms with van der Waals surface area (Å²) in [5.41, 5.74) is 1.85. The normalized spacial score (nSPS) is 22.9. The van der Waals surface area contributed by atoms with Crippen LogP contribution in [0.25, 0.3) is 0 Å². The molecule has 1 aromatic carbocycles. The number of hydrogen-bond acceptors (Lipinski definition) is 4. The second-order valence-corrected chi connectivity index (χ2v) is 6.64. The first-order valence-corrected chi connectivity index (χ1v) is 8.53. The van der Waals surface area contributed by atoms with Crippen LogP contribution >= 0.6 is 0 Å². The Hall–Kier alpha value is -1.59. The van der Waals surface area contributed by atoms with Crippen molar-refractivity contribution in [1.29, 1.82) is 0 Å². The standard InChI is InChI=1S/C18H27N3O2/c1-19(2)16-6-3-5-15(13-16)18(22)21-9-4-8-20(10-11-21)17-7-12-23-14-17/h3,5-6,13,17H,4,7-12,14H2,1-2H3. The summed E-state index contributed by atoms with van der Waals surface area (Å²) in [5, 5.41) is 0. The molecule has 0 N–H and O–H groups in total. The largest absolute Gasteiger partial charge is 0.380 e. The van der Waals surface area contributed by atoms with Crippen LogP contribution in [0.1, 0.15) is 23.2 Å². The van der Waals surface area contributed by atoms with Crippen molar-refractivity contribution < 1.29 is 9.53 Å². The van der Waals surface area contributed by atoms with Crippen LogP contribution in [0, 0.1) is 0 Å². The molecule has 0 spiro atoms. The van der Waals surface area contributed by atoms with Gasteiger partial charge in [-0.25, -0.2) is 0 Å². The number of anilines is 1. The maximum absolute atomic E-state index is 12.8. The lowest BCUT2D eigenvalue weighted by atomic mass is 10.1. The molecule has 0 saturated carbocycles. The highest BCUT2D eigenvalue weighted by molar-refractivity contribution is 5.95. The summed E-state index contributed by atoms with van der Waals surface area (Å²) in [6.07, 6.45) is 2.16. The van der Waals surface area contributed by atoms with E-state index in [-0.39, 0.29) is 5.91 Å². The Morgan fingerprint density at radius 1 is 1.22 bits per heavy atom. The third kappa shape index (κ3) is 3.85. The average Bonchev–Trinajstić information content (AvgIpc) is 2.99. The number of carbonyl (C=O) groups is 1. The average molecular weight is 317 g/mol. The van der Waals surface area contributed by atoms with Gasteiger partial charge >= 0.3 is 0 Å². The maximum Gasteiger partial charge on any atom is 0.253 e. The molecule has 2 heterocycles. The van der Waals surface area contributed by atoms with Gasteiger partial charge in [0, 0.05) is 64.2 Å². The van der Waals surface area contributed by atoms with Crippen molar-refractivity contribution >= 4 is 11.6 Å². The minimum Gasteiger partial charge on any atom is -0.380 e. The summed E-state index contributed by atoms with van der Waals surface area (Å²) in [4.78, 5) is 19.3. The fourth-order valence-corrected chi connectivity index (χ4v) is 3.42. The zero-order valence-electron chi connectivity index (χ0n) is 14.2. The zero-order valence-corrected chi connectivity index (χ0v) is 14.2. The van der Waals surface area contributed by atoms with Crippen molar-refractivity contribution in [3.63, 3.8) is 0 Å². The van der Waals surface area contributed by atoms with Crippen molar-refractivity contribution in [2.45, 2.75) is 18.9 Å². The van der Waals surface area contributed by atoms with Crippen LogP contribution in [-0.4, -0.2) is 75.2 Å². The predicted octanol–water partition coefficient (Wildman–Crippen LogP) is 1.69. The summed E-state index contributed by atoms with van der Waals surface area (Å²) in [6.45, 7) is 5.39. The second kappa shape index (κ2) is 7.32. The number of hydrogen-bond donors (Lipinski definition) is 0. The van der Waals surface area contributed by atoms with Gasteiger partial charge in [0.25, 0.3) is 5.91 Å². The summed E-state index contributed by atoms with van der Waals surface area (Å²) in [7, 11) is 3.99. The Labute approximate surface area is 138 Å². The quantitative estimate of drug-likeness (QED) is 0.850. The lowest BCUT2D eigenvalue weighted by Crippen LogP contribution is -2.39. The molecule has 1 atom stereocenters. The minimum absolute atomic E-state index is 0.151. The summed E-state index contributed by atoms with van der Waals surface area (Å²) in [6, 6.07) is 8.43. The van der Waals surface area contributed by atoms with Gasteiger partial charge in [-0.15, -0.1) is 0 Å². The number of ether oxygens (including phenoxy) is 1. The lowest BCUT2D eigenvalue weighted by Gasteiger charge is -2.26. The second-order valence-electron chi connectivity index (χ2n) is 6.64. The molecule has 0 bridgehead atoms. The van der Waals surface area contributed by atoms with E-state index in [1.165, 1.54) is 0 Å². The Morgan fingerprint density at radius 3 is 2.83 bits per heavy atom. The van der Waals surface area contributed by atoms with Gasteiger partial charge in [-0.2, -0.15) is 0 Å². The van der Waals surface area contributed by atoms with Crippen molar-refractivity contribution in [3.05, 3.63) is 29.8 Å². The molecular formula is C18H27N3O2. The topological polar surface area (TPSA) is 36.0 Å². The van der Waals surface area contributed by atoms with E-state index < -0.39 is 0 Å². The number of benzene rings is 1. The van der Waals surface area contributed by atoms with Crippen molar-refractivity contribution in [1.82, 2.24) is 9.80 Å². The third-order valence-electron chi connectivity index (χ3n) is 4.85. The van der Waals surface area contributed by atoms with Crippen LogP contribution in [0.3, 0.4) is 0 Å². The van der Waals surface area contributed by atoms with Crippen molar-refractivity contribution in [2.24, 2.45) is 0 Å². The predicted molar refractivity (Wildman–Crippen MR) is 92.1 cm³/mol. The van der Waals surface area contributed by atoms with Gasteiger partial charge in [0.15, 0.2) is 0 Å². The maximum atomic E-state index is 12.8. The molecular weight excluding hydrogens is 290 g/mol. The van der Waals surface area contributed by atoms with E-state index in [4.69, 9.17) is 4.74 Å². The summed E-state index contributed by atoms with van der Waals surface area (Å²) in [5.74, 6) is 0.151. The Bertz CT molecular complexity index is 541. The molecule has 2 saturated heterocycles. The van der Waals surface area contributed by atoms with Crippen LogP contribution in [0.15, 0.2) is 24.3 Å². The molecule has 23 heavy (non-hydrogen) atoms. The third-order valence-corrected chi connectivity index (χ3v) is 4.85. The minimum atomic E-state index is 0.151. The first-order valence-electron chi connectivity index (χ1n) is 8.53. The molecule has 5 nitrogen and oxygen atoms in total. The van der Waals surface area contributed by atoms with Crippen LogP contribution in [-0.2, 0) is 4.74 Å². The smallest absolute Gasteiger partial charge is 0.253 e. The van der Waals surface area contributed by atoms with E-state index in [0.29, 0.717) is 6.04 Å². The highest BCUT2D eigenvalue weighted by Crippen LogP contribution is 2.18. The molecule has 1 aromatic rings. The molecule has 0 radical (unpaired) electrons. The van der Waals surface area contributed by atoms with Crippen LogP contribution in [0.2, 0.25) is 0 Å². The SMILES string of the molecule is CN(C)c1cccc(C(=O)N2CCCN(C3CCOC3)CC2)c1. The van der Waals surface area contributed by atoms with E-state index >= 15 is 0 Å². The van der Waals surface area contributed by atoms with Crippen LogP contribution in [0.5, 0.6) is 0 Å². The van der Waals surface area contributed by atoms with Gasteiger partial charge in [-0.05, 0) is 31.0 Å². The molecule has 2 aliphatic rings. The molecule has 2 fully saturated rings. The fourth-order valence-electron chi connectivity index (χ4n) is 3.42. The Morgan fingerprint density at radius 2 is 2.09 bits per heavy atom. The molecule has 2 aliphatic heterocycles. The van der Waals surface area contributed by atoms with E-state index in [2.05, 4.69) is 4.90 Å². The van der Waals surface area contributed by atoms with Crippen LogP contribution in [0.4, 0.5) is 5.69 Å². The van der Waals surface area contributed by atoms with E-state index in [1.807, 2.05) is 48.2 Å². The fraction of sp³-hybridized carbons (Fsp3) is 0.611. The monoisotopic (exact) mass is 317 g/mol. The zero-order chi connectivity index (χ0) is 16.2. The van der Waals surface area contributed by atoms with Crippen molar-refractivity contribution in [3.8, 4) is 0 Å². The summed E-state index contributed by atoms with van der Waals surface area (Å²) >= 11 is 0. The lowest BCUT2D eigenvalue weighted by molar-refractivity contribution is 0.0756. The number of rotatable bonds is 3. The van der Waals surface area contributed by atoms with Crippen molar-refractivity contribution in [2.75, 3.05) is 58.4 Å². The highest BCUT2D eigenvalue weighted by Gasteiger charge is 2.27. The van der Waals surface area contributed by atoms with Gasteiger partial charge in [0.1, 0.15) is 0 Å². The molecule has 1 amide bonds. The van der Waals surface area contributed by atoms with Crippen LogP contribution < -0.4 is 4.90 Å². The number of nitrogens with zero attached hydrogens (tertiary/aromatic N) is 3. The van der Waals surface area contributed by atoms with Gasteiger partial charge in [0.2, 0.25) is 0 Å². The molecule has 0 aromatic heterocycles. The molecule has 5 heteroatoms. The Balaban J connectivity index is 1.64. The Kier molecular flexibility index (Phi) is 5.18. The van der Waals surface area contributed by atoms with Gasteiger partial charge < -0.3 is 14.5 Å². The summed E-state index contributed by atoms with van der Waals surface area (Å²) < 4.78 is 5.50. The van der Waals surface area contributed by atoms with Gasteiger partial charge in [-0.3, -0.25) is 9.69 Å². The van der Waals surface area contributed by atoms with E-state index in [0.717, 1.165) is 63.5 Å². The first-order chi connectivity index (χ1) is 11.1. The number of carbonyl (C=O) groups excluding carboxylic acids is 1. The number of amides is 1. The van der Waals surface area contributed by atoms with E-state index in [1.54, 1.807) is 0 Å². The van der Waals surface area contributed by atoms with Gasteiger partial charge in [0.05, 0.1) is 6.61 Å². The molecule has 0 aliphatic carbocycles. The highest BCUT2D eigenvalue weighted by atomic mass is 16.5. The van der Waals surface area contributed by atoms with E-state index in [9.17, 15) is 4.79 Å².